The molecular formula is C11H23N3O. The molecule has 0 aliphatic heterocycles. The van der Waals surface area contributed by atoms with E-state index in [-0.39, 0.29) is 0 Å². The Kier molecular flexibility index (Phi) is 6.50. The molecule has 4 nitrogen and oxygen atoms in total. The fourth-order valence-corrected chi connectivity index (χ4v) is 1.54. The monoisotopic (exact) mass is 213 g/mol. The average Bonchev–Trinajstić information content (AvgIpc) is 2.18. The lowest BCUT2D eigenvalue weighted by Gasteiger charge is -2.32. The van der Waals surface area contributed by atoms with Crippen molar-refractivity contribution in [2.45, 2.75) is 32.4 Å². The Balaban J connectivity index is 4.24. The van der Waals surface area contributed by atoms with Crippen molar-refractivity contribution in [3.8, 4) is 6.07 Å². The minimum atomic E-state index is -0.481. The van der Waals surface area contributed by atoms with Gasteiger partial charge in [0.2, 0.25) is 0 Å². The van der Waals surface area contributed by atoms with Gasteiger partial charge in [-0.3, -0.25) is 10.2 Å². The number of rotatable bonds is 7. The summed E-state index contributed by atoms with van der Waals surface area (Å²) in [6.45, 7) is 8.20. The molecular weight excluding hydrogens is 190 g/mol. The third-order valence-corrected chi connectivity index (χ3v) is 2.54. The molecule has 0 saturated heterocycles. The van der Waals surface area contributed by atoms with E-state index in [4.69, 9.17) is 10.00 Å². The Morgan fingerprint density at radius 1 is 1.60 bits per heavy atom. The van der Waals surface area contributed by atoms with Crippen LogP contribution in [0.25, 0.3) is 0 Å². The standard InChI is InChI=1S/C11H23N3O/c1-6-13-11(3,8-12)9-14(4)10(2)7-15-5/h10,13H,6-7,9H2,1-5H3. The van der Waals surface area contributed by atoms with Gasteiger partial charge in [0.15, 0.2) is 0 Å². The molecule has 4 heteroatoms. The number of nitrogens with one attached hydrogen (secondary N) is 1. The SMILES string of the molecule is CCNC(C)(C#N)CN(C)C(C)COC. The Labute approximate surface area is 93.2 Å². The zero-order valence-corrected chi connectivity index (χ0v) is 10.5. The van der Waals surface area contributed by atoms with Crippen molar-refractivity contribution in [2.24, 2.45) is 0 Å². The van der Waals surface area contributed by atoms with Gasteiger partial charge in [0, 0.05) is 19.7 Å². The highest BCUT2D eigenvalue weighted by atomic mass is 16.5. The van der Waals surface area contributed by atoms with Crippen LogP contribution in [0.5, 0.6) is 0 Å². The fourth-order valence-electron chi connectivity index (χ4n) is 1.54. The normalized spacial score (nSPS) is 17.1. The van der Waals surface area contributed by atoms with E-state index in [0.29, 0.717) is 19.2 Å². The zero-order valence-electron chi connectivity index (χ0n) is 10.5. The topological polar surface area (TPSA) is 48.3 Å². The lowest BCUT2D eigenvalue weighted by molar-refractivity contribution is 0.104. The molecule has 15 heavy (non-hydrogen) atoms. The van der Waals surface area contributed by atoms with E-state index >= 15 is 0 Å². The Morgan fingerprint density at radius 3 is 2.60 bits per heavy atom. The summed E-state index contributed by atoms with van der Waals surface area (Å²) in [6.07, 6.45) is 0. The Bertz CT molecular complexity index is 214. The van der Waals surface area contributed by atoms with Crippen LogP contribution < -0.4 is 5.32 Å². The van der Waals surface area contributed by atoms with Crippen LogP contribution in [-0.4, -0.2) is 50.3 Å². The molecule has 0 spiro atoms. The largest absolute Gasteiger partial charge is 0.383 e. The highest BCUT2D eigenvalue weighted by Gasteiger charge is 2.25. The minimum absolute atomic E-state index is 0.321. The van der Waals surface area contributed by atoms with Crippen molar-refractivity contribution in [2.75, 3.05) is 33.9 Å². The van der Waals surface area contributed by atoms with Crippen molar-refractivity contribution < 1.29 is 4.74 Å². The maximum absolute atomic E-state index is 9.11. The van der Waals surface area contributed by atoms with E-state index in [2.05, 4.69) is 23.2 Å². The molecule has 0 bridgehead atoms. The molecule has 0 aromatic heterocycles. The average molecular weight is 213 g/mol. The van der Waals surface area contributed by atoms with Gasteiger partial charge in [-0.25, -0.2) is 0 Å². The van der Waals surface area contributed by atoms with Crippen LogP contribution >= 0.6 is 0 Å². The maximum atomic E-state index is 9.11. The molecule has 2 atom stereocenters. The predicted molar refractivity (Wildman–Crippen MR) is 61.7 cm³/mol. The van der Waals surface area contributed by atoms with Gasteiger partial charge in [0.05, 0.1) is 12.7 Å². The Hall–Kier alpha value is -0.630. The van der Waals surface area contributed by atoms with Crippen LogP contribution in [0.3, 0.4) is 0 Å². The van der Waals surface area contributed by atoms with Crippen LogP contribution in [0, 0.1) is 11.3 Å². The summed E-state index contributed by atoms with van der Waals surface area (Å²) < 4.78 is 5.09. The lowest BCUT2D eigenvalue weighted by Crippen LogP contribution is -2.51. The molecule has 88 valence electrons. The molecule has 0 saturated carbocycles. The molecule has 0 heterocycles. The van der Waals surface area contributed by atoms with Gasteiger partial charge >= 0.3 is 0 Å². The zero-order chi connectivity index (χ0) is 11.9. The van der Waals surface area contributed by atoms with Crippen LogP contribution in [0.15, 0.2) is 0 Å². The highest BCUT2D eigenvalue weighted by Crippen LogP contribution is 2.07. The number of likely N-dealkylation sites (N-methyl/N-ethyl adjacent to an activating group) is 2. The number of methoxy groups -OCH3 is 1. The molecule has 0 fully saturated rings. The molecule has 0 rings (SSSR count). The van der Waals surface area contributed by atoms with Crippen molar-refractivity contribution in [3.63, 3.8) is 0 Å². The molecule has 1 N–H and O–H groups in total. The number of hydrogen-bond donors (Lipinski definition) is 1. The van der Waals surface area contributed by atoms with Crippen molar-refractivity contribution >= 4 is 0 Å². The molecule has 2 unspecified atom stereocenters. The number of hydrogen-bond acceptors (Lipinski definition) is 4. The van der Waals surface area contributed by atoms with Gasteiger partial charge in [-0.05, 0) is 27.4 Å². The van der Waals surface area contributed by atoms with Crippen molar-refractivity contribution in [1.82, 2.24) is 10.2 Å². The number of nitriles is 1. The van der Waals surface area contributed by atoms with Crippen LogP contribution in [0.4, 0.5) is 0 Å². The van der Waals surface area contributed by atoms with Crippen molar-refractivity contribution in [3.05, 3.63) is 0 Å². The first-order valence-electron chi connectivity index (χ1n) is 5.34. The second-order valence-electron chi connectivity index (χ2n) is 4.19. The van der Waals surface area contributed by atoms with Gasteiger partial charge in [0.25, 0.3) is 0 Å². The Morgan fingerprint density at radius 2 is 2.20 bits per heavy atom. The maximum Gasteiger partial charge on any atom is 0.116 e. The quantitative estimate of drug-likeness (QED) is 0.681. The smallest absolute Gasteiger partial charge is 0.116 e. The molecule has 0 aromatic rings. The first-order chi connectivity index (χ1) is 6.99. The van der Waals surface area contributed by atoms with Gasteiger partial charge in [0.1, 0.15) is 5.54 Å². The molecule has 0 amide bonds. The third kappa shape index (κ3) is 5.12. The molecule has 0 radical (unpaired) electrons. The summed E-state index contributed by atoms with van der Waals surface area (Å²) in [5.41, 5.74) is -0.481. The van der Waals surface area contributed by atoms with Gasteiger partial charge in [-0.2, -0.15) is 5.26 Å². The van der Waals surface area contributed by atoms with E-state index < -0.39 is 5.54 Å². The van der Waals surface area contributed by atoms with E-state index in [1.807, 2.05) is 20.9 Å². The summed E-state index contributed by atoms with van der Waals surface area (Å²) in [4.78, 5) is 2.13. The summed E-state index contributed by atoms with van der Waals surface area (Å²) >= 11 is 0. The summed E-state index contributed by atoms with van der Waals surface area (Å²) in [6, 6.07) is 2.63. The third-order valence-electron chi connectivity index (χ3n) is 2.54. The van der Waals surface area contributed by atoms with Crippen LogP contribution in [-0.2, 0) is 4.74 Å². The van der Waals surface area contributed by atoms with Crippen LogP contribution in [0.2, 0.25) is 0 Å². The highest BCUT2D eigenvalue weighted by molar-refractivity contribution is 5.05. The second-order valence-corrected chi connectivity index (χ2v) is 4.19. The van der Waals surface area contributed by atoms with Crippen LogP contribution in [0.1, 0.15) is 20.8 Å². The minimum Gasteiger partial charge on any atom is -0.383 e. The van der Waals surface area contributed by atoms with E-state index in [1.54, 1.807) is 7.11 Å². The summed E-state index contributed by atoms with van der Waals surface area (Å²) in [5, 5.41) is 12.3. The first-order valence-corrected chi connectivity index (χ1v) is 5.34. The van der Waals surface area contributed by atoms with Gasteiger partial charge in [-0.1, -0.05) is 6.92 Å². The predicted octanol–water partition coefficient (Wildman–Crippen LogP) is 0.845. The van der Waals surface area contributed by atoms with E-state index in [0.717, 1.165) is 6.54 Å². The van der Waals surface area contributed by atoms with E-state index in [9.17, 15) is 0 Å². The fraction of sp³-hybridized carbons (Fsp3) is 0.909. The lowest BCUT2D eigenvalue weighted by atomic mass is 10.0. The van der Waals surface area contributed by atoms with E-state index in [1.165, 1.54) is 0 Å². The second kappa shape index (κ2) is 6.78. The summed E-state index contributed by atoms with van der Waals surface area (Å²) in [7, 11) is 3.70. The molecule has 0 aliphatic carbocycles. The summed E-state index contributed by atoms with van der Waals surface area (Å²) in [5.74, 6) is 0. The number of nitrogens with zero attached hydrogens (tertiary/aromatic N) is 2. The van der Waals surface area contributed by atoms with Gasteiger partial charge < -0.3 is 4.74 Å². The van der Waals surface area contributed by atoms with Gasteiger partial charge in [-0.15, -0.1) is 0 Å². The molecule has 0 aliphatic rings. The van der Waals surface area contributed by atoms with Crippen molar-refractivity contribution in [1.29, 1.82) is 5.26 Å². The first kappa shape index (κ1) is 14.4. The molecule has 0 aromatic carbocycles. The number of ether oxygens (including phenoxy) is 1.